The molecule has 7 nitrogen and oxygen atoms in total. The topological polar surface area (TPSA) is 67.2 Å². The Hall–Kier alpha value is -3.22. The van der Waals surface area contributed by atoms with Gasteiger partial charge in [0.15, 0.2) is 0 Å². The summed E-state index contributed by atoms with van der Waals surface area (Å²) in [6, 6.07) is 20.3. The van der Waals surface area contributed by atoms with Crippen LogP contribution < -0.4 is 4.90 Å². The van der Waals surface area contributed by atoms with Crippen molar-refractivity contribution in [3.05, 3.63) is 66.2 Å². The van der Waals surface area contributed by atoms with E-state index in [0.717, 1.165) is 25.1 Å². The summed E-state index contributed by atoms with van der Waals surface area (Å²) in [5, 5.41) is 12.4. The molecule has 3 aliphatic heterocycles. The van der Waals surface area contributed by atoms with Gasteiger partial charge in [-0.25, -0.2) is 0 Å². The molecule has 2 bridgehead atoms. The summed E-state index contributed by atoms with van der Waals surface area (Å²) in [5.74, 6) is 0.946. The summed E-state index contributed by atoms with van der Waals surface area (Å²) in [4.78, 5) is 17.4. The number of aromatic nitrogens is 4. The van der Waals surface area contributed by atoms with Gasteiger partial charge in [0.25, 0.3) is 0 Å². The van der Waals surface area contributed by atoms with Crippen LogP contribution >= 0.6 is 0 Å². The Labute approximate surface area is 163 Å². The highest BCUT2D eigenvalue weighted by atomic mass is 16.2. The predicted molar refractivity (Wildman–Crippen MR) is 105 cm³/mol. The molecule has 0 saturated carbocycles. The SMILES string of the molecule is O=C1[C@H]2CC[C@H](CN(c3nnnn3-c3ccccc3)C2)N1Cc1ccccc1. The Balaban J connectivity index is 1.43. The Morgan fingerprint density at radius 1 is 0.929 bits per heavy atom. The molecule has 0 radical (unpaired) electrons. The fourth-order valence-electron chi connectivity index (χ4n) is 4.31. The second-order valence-corrected chi connectivity index (χ2v) is 7.51. The molecule has 142 valence electrons. The van der Waals surface area contributed by atoms with Crippen molar-refractivity contribution in [2.75, 3.05) is 18.0 Å². The first-order valence-electron chi connectivity index (χ1n) is 9.73. The largest absolute Gasteiger partial charge is 0.337 e. The van der Waals surface area contributed by atoms with Gasteiger partial charge >= 0.3 is 0 Å². The monoisotopic (exact) mass is 374 g/mol. The average molecular weight is 374 g/mol. The highest BCUT2D eigenvalue weighted by molar-refractivity contribution is 5.81. The maximum absolute atomic E-state index is 13.1. The van der Waals surface area contributed by atoms with Crippen LogP contribution in [0.3, 0.4) is 0 Å². The third-order valence-corrected chi connectivity index (χ3v) is 5.73. The van der Waals surface area contributed by atoms with E-state index in [1.807, 2.05) is 48.5 Å². The fourth-order valence-corrected chi connectivity index (χ4v) is 4.31. The number of carbonyl (C=O) groups excluding carboxylic acids is 1. The highest BCUT2D eigenvalue weighted by Crippen LogP contribution is 2.32. The zero-order chi connectivity index (χ0) is 18.9. The van der Waals surface area contributed by atoms with E-state index >= 15 is 0 Å². The van der Waals surface area contributed by atoms with Crippen molar-refractivity contribution in [1.29, 1.82) is 0 Å². The van der Waals surface area contributed by atoms with Crippen LogP contribution in [0.25, 0.3) is 5.69 Å². The molecule has 6 rings (SSSR count). The molecule has 3 fully saturated rings. The standard InChI is InChI=1S/C21H22N6O/c28-20-17-11-12-19(26(20)13-16-7-3-1-4-8-16)15-25(14-17)21-22-23-24-27(21)18-9-5-2-6-10-18/h1-10,17,19H,11-15H2/t17-,19+/m0/s1. The predicted octanol–water partition coefficient (Wildman–Crippen LogP) is 2.29. The van der Waals surface area contributed by atoms with Crippen LogP contribution in [-0.2, 0) is 11.3 Å². The number of para-hydroxylation sites is 1. The molecule has 1 aromatic heterocycles. The zero-order valence-electron chi connectivity index (χ0n) is 15.6. The molecule has 2 aromatic carbocycles. The Bertz CT molecular complexity index is 957. The molecule has 0 aliphatic carbocycles. The van der Waals surface area contributed by atoms with E-state index in [4.69, 9.17) is 0 Å². The van der Waals surface area contributed by atoms with Crippen molar-refractivity contribution < 1.29 is 4.79 Å². The number of piperidine rings is 1. The van der Waals surface area contributed by atoms with Crippen LogP contribution in [0.1, 0.15) is 18.4 Å². The molecular formula is C21H22N6O. The fraction of sp³-hybridized carbons (Fsp3) is 0.333. The number of amides is 1. The summed E-state index contributed by atoms with van der Waals surface area (Å²) < 4.78 is 1.76. The summed E-state index contributed by atoms with van der Waals surface area (Å²) >= 11 is 0. The van der Waals surface area contributed by atoms with Crippen molar-refractivity contribution in [1.82, 2.24) is 25.1 Å². The Morgan fingerprint density at radius 2 is 1.68 bits per heavy atom. The van der Waals surface area contributed by atoms with E-state index in [1.54, 1.807) is 4.68 Å². The molecular weight excluding hydrogens is 352 g/mol. The van der Waals surface area contributed by atoms with Gasteiger partial charge < -0.3 is 9.80 Å². The maximum atomic E-state index is 13.1. The number of nitrogens with zero attached hydrogens (tertiary/aromatic N) is 6. The lowest BCUT2D eigenvalue weighted by atomic mass is 9.93. The van der Waals surface area contributed by atoms with Gasteiger partial charge in [0.1, 0.15) is 0 Å². The van der Waals surface area contributed by atoms with Crippen LogP contribution in [0.4, 0.5) is 5.95 Å². The van der Waals surface area contributed by atoms with Crippen molar-refractivity contribution in [3.8, 4) is 5.69 Å². The number of carbonyl (C=O) groups is 1. The molecule has 3 saturated heterocycles. The minimum atomic E-state index is -0.0108. The summed E-state index contributed by atoms with van der Waals surface area (Å²) in [5.41, 5.74) is 2.09. The number of hydrogen-bond acceptors (Lipinski definition) is 5. The van der Waals surface area contributed by atoms with Crippen molar-refractivity contribution in [3.63, 3.8) is 0 Å². The van der Waals surface area contributed by atoms with Gasteiger partial charge in [-0.05, 0) is 41.0 Å². The molecule has 0 spiro atoms. The van der Waals surface area contributed by atoms with Crippen molar-refractivity contribution >= 4 is 11.9 Å². The van der Waals surface area contributed by atoms with E-state index in [2.05, 4.69) is 37.5 Å². The minimum Gasteiger partial charge on any atom is -0.337 e. The first-order chi connectivity index (χ1) is 13.8. The normalized spacial score (nSPS) is 21.8. The van der Waals surface area contributed by atoms with E-state index in [1.165, 1.54) is 5.56 Å². The van der Waals surface area contributed by atoms with Gasteiger partial charge in [-0.2, -0.15) is 4.68 Å². The van der Waals surface area contributed by atoms with E-state index in [-0.39, 0.29) is 17.9 Å². The smallest absolute Gasteiger partial charge is 0.250 e. The van der Waals surface area contributed by atoms with E-state index in [0.29, 0.717) is 19.0 Å². The van der Waals surface area contributed by atoms with Crippen molar-refractivity contribution in [2.24, 2.45) is 5.92 Å². The maximum Gasteiger partial charge on any atom is 0.250 e. The molecule has 0 N–H and O–H groups in total. The molecule has 3 aromatic rings. The molecule has 4 heterocycles. The Morgan fingerprint density at radius 3 is 2.46 bits per heavy atom. The van der Waals surface area contributed by atoms with Gasteiger partial charge in [-0.15, -0.1) is 0 Å². The van der Waals surface area contributed by atoms with E-state index < -0.39 is 0 Å². The summed E-state index contributed by atoms with van der Waals surface area (Å²) in [6.07, 6.45) is 1.95. The molecule has 0 unspecified atom stereocenters. The number of benzene rings is 2. The number of rotatable bonds is 4. The minimum absolute atomic E-state index is 0.0108. The van der Waals surface area contributed by atoms with Gasteiger partial charge in [-0.3, -0.25) is 4.79 Å². The third kappa shape index (κ3) is 3.02. The average Bonchev–Trinajstić information content (AvgIpc) is 3.08. The summed E-state index contributed by atoms with van der Waals surface area (Å²) in [7, 11) is 0. The first-order valence-corrected chi connectivity index (χ1v) is 9.73. The quantitative estimate of drug-likeness (QED) is 0.701. The molecule has 3 aliphatic rings. The van der Waals surface area contributed by atoms with Gasteiger partial charge in [0.2, 0.25) is 11.9 Å². The number of fused-ring (bicyclic) bond motifs is 4. The summed E-state index contributed by atoms with van der Waals surface area (Å²) in [6.45, 7) is 2.08. The molecule has 1 amide bonds. The highest BCUT2D eigenvalue weighted by Gasteiger charge is 2.41. The van der Waals surface area contributed by atoms with Crippen molar-refractivity contribution in [2.45, 2.75) is 25.4 Å². The lowest BCUT2D eigenvalue weighted by molar-refractivity contribution is -0.140. The van der Waals surface area contributed by atoms with Crippen LogP contribution in [0.15, 0.2) is 60.7 Å². The Kier molecular flexibility index (Phi) is 4.27. The van der Waals surface area contributed by atoms with E-state index in [9.17, 15) is 4.79 Å². The lowest BCUT2D eigenvalue weighted by Gasteiger charge is -2.36. The second-order valence-electron chi connectivity index (χ2n) is 7.51. The number of anilines is 1. The van der Waals surface area contributed by atoms with Gasteiger partial charge in [0.05, 0.1) is 11.6 Å². The van der Waals surface area contributed by atoms with Gasteiger partial charge in [0, 0.05) is 25.7 Å². The molecule has 28 heavy (non-hydrogen) atoms. The van der Waals surface area contributed by atoms with Crippen LogP contribution in [0, 0.1) is 5.92 Å². The number of hydrogen-bond donors (Lipinski definition) is 0. The molecule has 2 atom stereocenters. The lowest BCUT2D eigenvalue weighted by Crippen LogP contribution is -2.47. The van der Waals surface area contributed by atoms with Crippen LogP contribution in [-0.4, -0.2) is 50.1 Å². The van der Waals surface area contributed by atoms with Crippen LogP contribution in [0.5, 0.6) is 0 Å². The first kappa shape index (κ1) is 16.9. The zero-order valence-corrected chi connectivity index (χ0v) is 15.6. The second kappa shape index (κ2) is 7.07. The molecule has 7 heteroatoms. The third-order valence-electron chi connectivity index (χ3n) is 5.73. The number of tetrazole rings is 1. The van der Waals surface area contributed by atoms with Crippen LogP contribution in [0.2, 0.25) is 0 Å². The van der Waals surface area contributed by atoms with Gasteiger partial charge in [-0.1, -0.05) is 53.6 Å².